The second kappa shape index (κ2) is 9.51. The molecule has 1 aliphatic heterocycles. The highest BCUT2D eigenvalue weighted by atomic mass is 16.2. The van der Waals surface area contributed by atoms with Gasteiger partial charge in [-0.15, -0.1) is 0 Å². The third kappa shape index (κ3) is 4.78. The third-order valence-electron chi connectivity index (χ3n) is 5.21. The standard InChI is InChI=1S/C23H29N3O2/c1-25(2)21(19-14-8-4-9-15-19)22(27)24-20(18-12-6-3-7-13-18)23(28)26-16-10-5-11-17-26/h3-4,6-9,12-15,20-21H,5,10-11,16-17H2,1-2H3,(H,24,27). The molecule has 2 unspecified atom stereocenters. The first-order chi connectivity index (χ1) is 13.6. The van der Waals surface area contributed by atoms with Gasteiger partial charge in [-0.1, -0.05) is 60.7 Å². The molecule has 2 aromatic carbocycles. The minimum Gasteiger partial charge on any atom is -0.341 e. The molecule has 5 heteroatoms. The van der Waals surface area contributed by atoms with Gasteiger partial charge in [0.25, 0.3) is 0 Å². The van der Waals surface area contributed by atoms with Crippen molar-refractivity contribution in [3.05, 3.63) is 71.8 Å². The van der Waals surface area contributed by atoms with Crippen LogP contribution in [0.5, 0.6) is 0 Å². The van der Waals surface area contributed by atoms with Crippen LogP contribution >= 0.6 is 0 Å². The summed E-state index contributed by atoms with van der Waals surface area (Å²) in [6.45, 7) is 1.52. The Morgan fingerprint density at radius 2 is 1.39 bits per heavy atom. The van der Waals surface area contributed by atoms with Crippen molar-refractivity contribution in [1.29, 1.82) is 0 Å². The highest BCUT2D eigenvalue weighted by Gasteiger charge is 2.31. The summed E-state index contributed by atoms with van der Waals surface area (Å²) < 4.78 is 0. The summed E-state index contributed by atoms with van der Waals surface area (Å²) >= 11 is 0. The van der Waals surface area contributed by atoms with Crippen LogP contribution in [0.25, 0.3) is 0 Å². The lowest BCUT2D eigenvalue weighted by molar-refractivity contribution is -0.138. The number of likely N-dealkylation sites (N-methyl/N-ethyl adjacent to an activating group) is 1. The van der Waals surface area contributed by atoms with Gasteiger partial charge in [-0.05, 0) is 44.5 Å². The van der Waals surface area contributed by atoms with Crippen molar-refractivity contribution in [3.63, 3.8) is 0 Å². The van der Waals surface area contributed by atoms with Gasteiger partial charge in [0.15, 0.2) is 0 Å². The van der Waals surface area contributed by atoms with Crippen LogP contribution in [0.1, 0.15) is 42.5 Å². The molecule has 1 N–H and O–H groups in total. The molecule has 1 fully saturated rings. The van der Waals surface area contributed by atoms with Gasteiger partial charge in [0.1, 0.15) is 12.1 Å². The van der Waals surface area contributed by atoms with Crippen molar-refractivity contribution in [1.82, 2.24) is 15.1 Å². The number of amides is 2. The van der Waals surface area contributed by atoms with Crippen LogP contribution in [-0.4, -0.2) is 48.8 Å². The van der Waals surface area contributed by atoms with Crippen LogP contribution in [-0.2, 0) is 9.59 Å². The molecule has 0 radical (unpaired) electrons. The minimum atomic E-state index is -0.669. The van der Waals surface area contributed by atoms with Gasteiger partial charge in [-0.3, -0.25) is 14.5 Å². The van der Waals surface area contributed by atoms with E-state index in [2.05, 4.69) is 5.32 Å². The van der Waals surface area contributed by atoms with E-state index in [1.54, 1.807) is 0 Å². The van der Waals surface area contributed by atoms with Crippen LogP contribution in [0.15, 0.2) is 60.7 Å². The van der Waals surface area contributed by atoms with Crippen molar-refractivity contribution in [2.45, 2.75) is 31.3 Å². The molecule has 0 spiro atoms. The molecule has 2 aromatic rings. The summed E-state index contributed by atoms with van der Waals surface area (Å²) in [5, 5.41) is 3.04. The Bertz CT molecular complexity index is 771. The van der Waals surface area contributed by atoms with Gasteiger partial charge in [0.2, 0.25) is 11.8 Å². The fraction of sp³-hybridized carbons (Fsp3) is 0.391. The first-order valence-electron chi connectivity index (χ1n) is 9.93. The van der Waals surface area contributed by atoms with Crippen molar-refractivity contribution in [2.24, 2.45) is 0 Å². The molecule has 1 saturated heterocycles. The maximum atomic E-state index is 13.3. The summed E-state index contributed by atoms with van der Waals surface area (Å²) in [5.74, 6) is -0.194. The smallest absolute Gasteiger partial charge is 0.249 e. The maximum absolute atomic E-state index is 13.3. The van der Waals surface area contributed by atoms with Crippen LogP contribution in [0.3, 0.4) is 0 Å². The highest BCUT2D eigenvalue weighted by Crippen LogP contribution is 2.23. The van der Waals surface area contributed by atoms with E-state index >= 15 is 0 Å². The van der Waals surface area contributed by atoms with Crippen molar-refractivity contribution >= 4 is 11.8 Å². The summed E-state index contributed by atoms with van der Waals surface area (Å²) in [7, 11) is 3.75. The second-order valence-electron chi connectivity index (χ2n) is 7.52. The Labute approximate surface area is 167 Å². The Balaban J connectivity index is 1.85. The summed E-state index contributed by atoms with van der Waals surface area (Å²) in [6.07, 6.45) is 3.19. The fourth-order valence-electron chi connectivity index (χ4n) is 3.77. The van der Waals surface area contributed by atoms with E-state index in [1.807, 2.05) is 84.6 Å². The van der Waals surface area contributed by atoms with E-state index in [9.17, 15) is 9.59 Å². The normalized spacial score (nSPS) is 16.5. The average Bonchev–Trinajstić information content (AvgIpc) is 2.73. The first kappa shape index (κ1) is 20.1. The van der Waals surface area contributed by atoms with Gasteiger partial charge >= 0.3 is 0 Å². The number of benzene rings is 2. The lowest BCUT2D eigenvalue weighted by atomic mass is 10.0. The van der Waals surface area contributed by atoms with E-state index in [0.29, 0.717) is 0 Å². The number of rotatable bonds is 6. The van der Waals surface area contributed by atoms with Crippen LogP contribution in [0.2, 0.25) is 0 Å². The molecule has 0 saturated carbocycles. The molecule has 28 heavy (non-hydrogen) atoms. The minimum absolute atomic E-state index is 0.0233. The average molecular weight is 380 g/mol. The molecule has 2 amide bonds. The molecule has 2 atom stereocenters. The van der Waals surface area contributed by atoms with Crippen molar-refractivity contribution in [2.75, 3.05) is 27.2 Å². The Morgan fingerprint density at radius 3 is 1.93 bits per heavy atom. The highest BCUT2D eigenvalue weighted by molar-refractivity contribution is 5.91. The largest absolute Gasteiger partial charge is 0.341 e. The summed E-state index contributed by atoms with van der Waals surface area (Å²) in [6, 6.07) is 18.1. The van der Waals surface area contributed by atoms with Gasteiger partial charge in [0, 0.05) is 13.1 Å². The maximum Gasteiger partial charge on any atom is 0.249 e. The lowest BCUT2D eigenvalue weighted by Gasteiger charge is -2.32. The first-order valence-corrected chi connectivity index (χ1v) is 9.93. The lowest BCUT2D eigenvalue weighted by Crippen LogP contribution is -2.47. The number of hydrogen-bond donors (Lipinski definition) is 1. The monoisotopic (exact) mass is 379 g/mol. The van der Waals surface area contributed by atoms with Crippen molar-refractivity contribution < 1.29 is 9.59 Å². The molecule has 148 valence electrons. The predicted octanol–water partition coefficient (Wildman–Crippen LogP) is 3.16. The molecule has 5 nitrogen and oxygen atoms in total. The molecule has 0 aromatic heterocycles. The van der Waals surface area contributed by atoms with Crippen molar-refractivity contribution in [3.8, 4) is 0 Å². The van der Waals surface area contributed by atoms with Gasteiger partial charge in [-0.2, -0.15) is 0 Å². The molecule has 1 aliphatic rings. The van der Waals surface area contributed by atoms with Crippen LogP contribution in [0.4, 0.5) is 0 Å². The predicted molar refractivity (Wildman–Crippen MR) is 111 cm³/mol. The second-order valence-corrected chi connectivity index (χ2v) is 7.52. The number of hydrogen-bond acceptors (Lipinski definition) is 3. The zero-order valence-electron chi connectivity index (χ0n) is 16.7. The summed E-state index contributed by atoms with van der Waals surface area (Å²) in [4.78, 5) is 30.3. The molecule has 3 rings (SSSR count). The Kier molecular flexibility index (Phi) is 6.82. The van der Waals surface area contributed by atoms with E-state index in [4.69, 9.17) is 0 Å². The number of piperidine rings is 1. The Morgan fingerprint density at radius 1 is 0.857 bits per heavy atom. The van der Waals surface area contributed by atoms with Gasteiger partial charge in [-0.25, -0.2) is 0 Å². The summed E-state index contributed by atoms with van der Waals surface area (Å²) in [5.41, 5.74) is 1.72. The van der Waals surface area contributed by atoms with E-state index in [1.165, 1.54) is 0 Å². The number of nitrogens with zero attached hydrogens (tertiary/aromatic N) is 2. The molecule has 0 bridgehead atoms. The molecular weight excluding hydrogens is 350 g/mol. The third-order valence-corrected chi connectivity index (χ3v) is 5.21. The SMILES string of the molecule is CN(C)C(C(=O)NC(C(=O)N1CCCCC1)c1ccccc1)c1ccccc1. The van der Waals surface area contributed by atoms with Gasteiger partial charge < -0.3 is 10.2 Å². The number of carbonyl (C=O) groups is 2. The van der Waals surface area contributed by atoms with E-state index < -0.39 is 12.1 Å². The zero-order valence-corrected chi connectivity index (χ0v) is 16.7. The molecule has 0 aliphatic carbocycles. The number of likely N-dealkylation sites (tertiary alicyclic amines) is 1. The zero-order chi connectivity index (χ0) is 19.9. The molecular formula is C23H29N3O2. The quantitative estimate of drug-likeness (QED) is 0.839. The van der Waals surface area contributed by atoms with E-state index in [0.717, 1.165) is 43.5 Å². The molecule has 1 heterocycles. The van der Waals surface area contributed by atoms with Crippen LogP contribution < -0.4 is 5.32 Å². The number of carbonyl (C=O) groups excluding carboxylic acids is 2. The topological polar surface area (TPSA) is 52.7 Å². The fourth-order valence-corrected chi connectivity index (χ4v) is 3.77. The van der Waals surface area contributed by atoms with E-state index in [-0.39, 0.29) is 11.8 Å². The van der Waals surface area contributed by atoms with Crippen LogP contribution in [0, 0.1) is 0 Å². The number of nitrogens with one attached hydrogen (secondary N) is 1. The van der Waals surface area contributed by atoms with Gasteiger partial charge in [0.05, 0.1) is 0 Å². The Hall–Kier alpha value is -2.66.